The minimum absolute atomic E-state index is 0.105. The molecule has 0 bridgehead atoms. The topological polar surface area (TPSA) is 74.4 Å². The average molecular weight is 327 g/mol. The van der Waals surface area contributed by atoms with Gasteiger partial charge in [0.25, 0.3) is 5.91 Å². The van der Waals surface area contributed by atoms with E-state index in [9.17, 15) is 4.79 Å². The summed E-state index contributed by atoms with van der Waals surface area (Å²) in [5.41, 5.74) is 3.94. The molecule has 1 aromatic heterocycles. The van der Waals surface area contributed by atoms with Crippen LogP contribution in [0.15, 0.2) is 54.7 Å². The van der Waals surface area contributed by atoms with Crippen molar-refractivity contribution in [1.82, 2.24) is 4.98 Å². The third-order valence-corrected chi connectivity index (χ3v) is 3.47. The molecule has 0 radical (unpaired) electrons. The Kier molecular flexibility index (Phi) is 4.88. The minimum atomic E-state index is -2.09. The van der Waals surface area contributed by atoms with Gasteiger partial charge in [-0.15, -0.1) is 0 Å². The number of nitrogens with zero attached hydrogens (tertiary/aromatic N) is 1. The van der Waals surface area contributed by atoms with Crippen LogP contribution < -0.4 is 15.2 Å². The van der Waals surface area contributed by atoms with Gasteiger partial charge in [-0.3, -0.25) is 4.79 Å². The van der Waals surface area contributed by atoms with Crippen molar-refractivity contribution in [2.75, 3.05) is 0 Å². The van der Waals surface area contributed by atoms with Gasteiger partial charge in [0.15, 0.2) is 0 Å². The zero-order chi connectivity index (χ0) is 15.3. The van der Waals surface area contributed by atoms with Crippen molar-refractivity contribution in [2.45, 2.75) is 10.6 Å². The SMILES string of the molecule is NC(=O)C(Cl)(Oc1ccccn1)C(Cl)Oc1ccccc1. The second-order valence-corrected chi connectivity index (χ2v) is 4.98. The van der Waals surface area contributed by atoms with Crippen molar-refractivity contribution in [2.24, 2.45) is 5.73 Å². The number of pyridine rings is 1. The highest BCUT2D eigenvalue weighted by Crippen LogP contribution is 2.29. The molecular weight excluding hydrogens is 315 g/mol. The number of ether oxygens (including phenoxy) is 2. The Bertz CT molecular complexity index is 598. The highest BCUT2D eigenvalue weighted by molar-refractivity contribution is 6.39. The van der Waals surface area contributed by atoms with Crippen LogP contribution in [0.25, 0.3) is 0 Å². The Labute approximate surface area is 131 Å². The van der Waals surface area contributed by atoms with Crippen molar-refractivity contribution < 1.29 is 14.3 Å². The molecule has 1 amide bonds. The van der Waals surface area contributed by atoms with Crippen molar-refractivity contribution in [3.05, 3.63) is 54.7 Å². The molecular formula is C14H12Cl2N2O3. The van der Waals surface area contributed by atoms with Crippen molar-refractivity contribution in [3.63, 3.8) is 0 Å². The largest absolute Gasteiger partial charge is 0.468 e. The smallest absolute Gasteiger partial charge is 0.312 e. The molecule has 0 spiro atoms. The average Bonchev–Trinajstić information content (AvgIpc) is 2.49. The van der Waals surface area contributed by atoms with E-state index in [1.54, 1.807) is 36.4 Å². The Morgan fingerprint density at radius 1 is 1.19 bits per heavy atom. The lowest BCUT2D eigenvalue weighted by molar-refractivity contribution is -0.130. The normalized spacial score (nSPS) is 14.8. The van der Waals surface area contributed by atoms with Crippen LogP contribution in [0.2, 0.25) is 0 Å². The fraction of sp³-hybridized carbons (Fsp3) is 0.143. The Morgan fingerprint density at radius 2 is 1.86 bits per heavy atom. The van der Waals surface area contributed by atoms with Crippen molar-refractivity contribution in [3.8, 4) is 11.6 Å². The van der Waals surface area contributed by atoms with E-state index in [0.717, 1.165) is 0 Å². The summed E-state index contributed by atoms with van der Waals surface area (Å²) < 4.78 is 10.7. The molecule has 0 aliphatic heterocycles. The second-order valence-electron chi connectivity index (χ2n) is 4.03. The quantitative estimate of drug-likeness (QED) is 0.828. The molecule has 1 aromatic carbocycles. The first-order chi connectivity index (χ1) is 10.0. The number of amides is 1. The van der Waals surface area contributed by atoms with E-state index in [4.69, 9.17) is 38.4 Å². The summed E-state index contributed by atoms with van der Waals surface area (Å²) in [5, 5.41) is -2.09. The third kappa shape index (κ3) is 3.77. The van der Waals surface area contributed by atoms with Gasteiger partial charge in [0.1, 0.15) is 5.75 Å². The highest BCUT2D eigenvalue weighted by atomic mass is 35.5. The molecule has 2 N–H and O–H groups in total. The van der Waals surface area contributed by atoms with Gasteiger partial charge in [-0.05, 0) is 18.2 Å². The number of benzene rings is 1. The molecule has 2 aromatic rings. The van der Waals surface area contributed by atoms with Gasteiger partial charge in [0.2, 0.25) is 11.4 Å². The van der Waals surface area contributed by atoms with E-state index < -0.39 is 16.5 Å². The number of para-hydroxylation sites is 1. The van der Waals surface area contributed by atoms with E-state index >= 15 is 0 Å². The van der Waals surface area contributed by atoms with Crippen LogP contribution in [-0.4, -0.2) is 21.5 Å². The number of halogens is 2. The maximum Gasteiger partial charge on any atom is 0.312 e. The first kappa shape index (κ1) is 15.4. The van der Waals surface area contributed by atoms with Crippen LogP contribution in [0.1, 0.15) is 0 Å². The monoisotopic (exact) mass is 326 g/mol. The number of carbonyl (C=O) groups excluding carboxylic acids is 1. The molecule has 0 aliphatic carbocycles. The first-order valence-corrected chi connectivity index (χ1v) is 6.78. The number of primary amides is 1. The first-order valence-electron chi connectivity index (χ1n) is 5.97. The number of nitrogens with two attached hydrogens (primary N) is 1. The minimum Gasteiger partial charge on any atom is -0.468 e. The molecule has 2 unspecified atom stereocenters. The molecule has 1 heterocycles. The molecule has 0 saturated heterocycles. The molecule has 0 fully saturated rings. The molecule has 5 nitrogen and oxygen atoms in total. The number of carbonyl (C=O) groups is 1. The predicted molar refractivity (Wildman–Crippen MR) is 79.4 cm³/mol. The summed E-state index contributed by atoms with van der Waals surface area (Å²) >= 11 is 12.2. The maximum absolute atomic E-state index is 11.6. The summed E-state index contributed by atoms with van der Waals surface area (Å²) in [6.45, 7) is 0. The molecule has 0 saturated carbocycles. The van der Waals surface area contributed by atoms with Gasteiger partial charge in [-0.1, -0.05) is 47.5 Å². The maximum atomic E-state index is 11.6. The lowest BCUT2D eigenvalue weighted by Gasteiger charge is -2.28. The second kappa shape index (κ2) is 6.65. The summed E-state index contributed by atoms with van der Waals surface area (Å²) in [4.78, 5) is 15.5. The van der Waals surface area contributed by atoms with E-state index in [2.05, 4.69) is 4.98 Å². The van der Waals surface area contributed by atoms with E-state index in [1.165, 1.54) is 12.3 Å². The third-order valence-electron chi connectivity index (χ3n) is 2.50. The number of alkyl halides is 2. The predicted octanol–water partition coefficient (Wildman–Crippen LogP) is 2.52. The fourth-order valence-corrected chi connectivity index (χ4v) is 1.84. The summed E-state index contributed by atoms with van der Waals surface area (Å²) in [6.07, 6.45) is 1.48. The molecule has 0 aliphatic rings. The number of rotatable bonds is 6. The van der Waals surface area contributed by atoms with Gasteiger partial charge in [-0.25, -0.2) is 4.98 Å². The molecule has 7 heteroatoms. The van der Waals surface area contributed by atoms with Crippen LogP contribution in [-0.2, 0) is 4.79 Å². The van der Waals surface area contributed by atoms with Crippen LogP contribution in [0.5, 0.6) is 11.6 Å². The standard InChI is InChI=1S/C14H12Cl2N2O3/c15-12(20-10-6-2-1-3-7-10)14(16,13(17)19)21-11-8-4-5-9-18-11/h1-9,12H,(H2,17,19). The van der Waals surface area contributed by atoms with Crippen LogP contribution in [0.4, 0.5) is 0 Å². The van der Waals surface area contributed by atoms with Gasteiger partial charge >= 0.3 is 5.06 Å². The molecule has 2 rings (SSSR count). The number of hydrogen-bond acceptors (Lipinski definition) is 4. The van der Waals surface area contributed by atoms with Crippen molar-refractivity contribution >= 4 is 29.1 Å². The zero-order valence-corrected chi connectivity index (χ0v) is 12.3. The fourth-order valence-electron chi connectivity index (χ4n) is 1.46. The van der Waals surface area contributed by atoms with E-state index in [0.29, 0.717) is 5.75 Å². The Balaban J connectivity index is 2.19. The van der Waals surface area contributed by atoms with Gasteiger partial charge < -0.3 is 15.2 Å². The summed E-state index contributed by atoms with van der Waals surface area (Å²) in [5.74, 6) is -0.451. The molecule has 21 heavy (non-hydrogen) atoms. The lowest BCUT2D eigenvalue weighted by Crippen LogP contribution is -2.53. The van der Waals surface area contributed by atoms with Crippen LogP contribution in [0.3, 0.4) is 0 Å². The van der Waals surface area contributed by atoms with Crippen LogP contribution in [0, 0.1) is 0 Å². The van der Waals surface area contributed by atoms with Gasteiger partial charge in [-0.2, -0.15) is 0 Å². The lowest BCUT2D eigenvalue weighted by atomic mass is 10.3. The van der Waals surface area contributed by atoms with Gasteiger partial charge in [0.05, 0.1) is 0 Å². The summed E-state index contributed by atoms with van der Waals surface area (Å²) in [6, 6.07) is 13.5. The highest BCUT2D eigenvalue weighted by Gasteiger charge is 2.47. The van der Waals surface area contributed by atoms with E-state index in [-0.39, 0.29) is 5.88 Å². The summed E-state index contributed by atoms with van der Waals surface area (Å²) in [7, 11) is 0. The Hall–Kier alpha value is -1.98. The van der Waals surface area contributed by atoms with Crippen molar-refractivity contribution in [1.29, 1.82) is 0 Å². The molecule has 2 atom stereocenters. The van der Waals surface area contributed by atoms with E-state index in [1.807, 2.05) is 6.07 Å². The number of hydrogen-bond donors (Lipinski definition) is 1. The molecule has 110 valence electrons. The van der Waals surface area contributed by atoms with Gasteiger partial charge in [0, 0.05) is 12.3 Å². The number of aromatic nitrogens is 1. The zero-order valence-electron chi connectivity index (χ0n) is 10.8. The van der Waals surface area contributed by atoms with Crippen LogP contribution >= 0.6 is 23.2 Å². The Morgan fingerprint density at radius 3 is 2.43 bits per heavy atom.